The fraction of sp³-hybridized carbons (Fsp3) is 0.154. The maximum Gasteiger partial charge on any atom is 0.314 e. The number of aromatic nitrogens is 4. The van der Waals surface area contributed by atoms with Gasteiger partial charge in [0.15, 0.2) is 0 Å². The molecule has 0 aliphatic heterocycles. The normalized spacial score (nSPS) is 11.3. The van der Waals surface area contributed by atoms with Gasteiger partial charge in [0.05, 0.1) is 29.2 Å². The highest BCUT2D eigenvalue weighted by atomic mass is 19.3. The lowest BCUT2D eigenvalue weighted by Gasteiger charge is -2.25. The van der Waals surface area contributed by atoms with Crippen LogP contribution in [0.4, 0.5) is 24.5 Å². The van der Waals surface area contributed by atoms with Crippen LogP contribution in [0.1, 0.15) is 18.0 Å². The van der Waals surface area contributed by atoms with Crippen LogP contribution >= 0.6 is 0 Å². The monoisotopic (exact) mass is 506 g/mol. The van der Waals surface area contributed by atoms with Gasteiger partial charge in [0.1, 0.15) is 5.82 Å². The molecule has 0 saturated heterocycles. The Morgan fingerprint density at radius 1 is 1.05 bits per heavy atom. The lowest BCUT2D eigenvalue weighted by Crippen LogP contribution is -2.24. The van der Waals surface area contributed by atoms with Gasteiger partial charge in [0.2, 0.25) is 12.3 Å². The number of carbonyl (C=O) groups excluding carboxylic acids is 1. The highest BCUT2D eigenvalue weighted by Crippen LogP contribution is 2.38. The number of pyridine rings is 1. The number of amides is 1. The van der Waals surface area contributed by atoms with E-state index < -0.39 is 18.1 Å². The first kappa shape index (κ1) is 24.0. The smallest absolute Gasteiger partial charge is 0.314 e. The molecule has 11 heteroatoms. The zero-order chi connectivity index (χ0) is 26.1. The zero-order valence-corrected chi connectivity index (χ0v) is 19.8. The average Bonchev–Trinajstić information content (AvgIpc) is 3.57. The number of aromatic amines is 1. The number of carbonyl (C=O) groups is 1. The molecular formula is C26H21F3N6O2. The van der Waals surface area contributed by atoms with E-state index in [0.29, 0.717) is 34.6 Å². The van der Waals surface area contributed by atoms with Crippen molar-refractivity contribution in [1.29, 1.82) is 0 Å². The van der Waals surface area contributed by atoms with Crippen LogP contribution < -0.4 is 9.80 Å². The average molecular weight is 506 g/mol. The van der Waals surface area contributed by atoms with Gasteiger partial charge in [-0.15, -0.1) is 10.2 Å². The minimum absolute atomic E-state index is 0.0446. The van der Waals surface area contributed by atoms with Crippen molar-refractivity contribution in [1.82, 2.24) is 20.2 Å². The summed E-state index contributed by atoms with van der Waals surface area (Å²) in [6, 6.07) is 13.7. The topological polar surface area (TPSA) is 91.2 Å². The Labute approximate surface area is 209 Å². The van der Waals surface area contributed by atoms with Gasteiger partial charge < -0.3 is 19.2 Å². The van der Waals surface area contributed by atoms with E-state index >= 15 is 4.39 Å². The van der Waals surface area contributed by atoms with Gasteiger partial charge in [-0.05, 0) is 35.9 Å². The SMILES string of the molecule is CN(C)c1cc(-c2cccc3[nH]ccc23)c(F)cc1N(C=O)Cc1ccc(-c2nnc(C(F)F)o2)cn1. The molecular weight excluding hydrogens is 485 g/mol. The number of nitrogens with zero attached hydrogens (tertiary/aromatic N) is 5. The van der Waals surface area contributed by atoms with E-state index in [1.807, 2.05) is 38.4 Å². The summed E-state index contributed by atoms with van der Waals surface area (Å²) in [5.74, 6) is -1.34. The lowest BCUT2D eigenvalue weighted by molar-refractivity contribution is -0.107. The van der Waals surface area contributed by atoms with Gasteiger partial charge in [-0.25, -0.2) is 4.39 Å². The number of alkyl halides is 2. The van der Waals surface area contributed by atoms with Crippen LogP contribution in [-0.2, 0) is 11.3 Å². The second kappa shape index (κ2) is 9.76. The Bertz CT molecular complexity index is 1560. The molecule has 8 nitrogen and oxygen atoms in total. The summed E-state index contributed by atoms with van der Waals surface area (Å²) in [5, 5.41) is 7.79. The summed E-state index contributed by atoms with van der Waals surface area (Å²) in [7, 11) is 3.62. The minimum atomic E-state index is -2.87. The van der Waals surface area contributed by atoms with Crippen molar-refractivity contribution in [2.45, 2.75) is 13.0 Å². The third-order valence-corrected chi connectivity index (χ3v) is 5.90. The number of benzene rings is 2. The molecule has 2 aromatic carbocycles. The predicted molar refractivity (Wildman–Crippen MR) is 133 cm³/mol. The molecule has 0 saturated carbocycles. The first-order chi connectivity index (χ1) is 17.9. The Morgan fingerprint density at radius 2 is 1.89 bits per heavy atom. The highest BCUT2D eigenvalue weighted by Gasteiger charge is 2.20. The van der Waals surface area contributed by atoms with Crippen LogP contribution in [-0.4, -0.2) is 40.7 Å². The first-order valence-corrected chi connectivity index (χ1v) is 11.2. The predicted octanol–water partition coefficient (Wildman–Crippen LogP) is 5.59. The number of halogens is 3. The van der Waals surface area contributed by atoms with E-state index in [2.05, 4.69) is 20.2 Å². The third kappa shape index (κ3) is 4.63. The van der Waals surface area contributed by atoms with Gasteiger partial charge in [0, 0.05) is 49.0 Å². The molecule has 5 aromatic rings. The van der Waals surface area contributed by atoms with Gasteiger partial charge in [-0.1, -0.05) is 12.1 Å². The molecule has 1 amide bonds. The molecule has 0 atom stereocenters. The van der Waals surface area contributed by atoms with Crippen molar-refractivity contribution < 1.29 is 22.4 Å². The fourth-order valence-electron chi connectivity index (χ4n) is 4.10. The molecule has 37 heavy (non-hydrogen) atoms. The zero-order valence-electron chi connectivity index (χ0n) is 19.8. The minimum Gasteiger partial charge on any atom is -0.415 e. The molecule has 3 aromatic heterocycles. The third-order valence-electron chi connectivity index (χ3n) is 5.90. The summed E-state index contributed by atoms with van der Waals surface area (Å²) in [6.45, 7) is 0.0446. The van der Waals surface area contributed by atoms with E-state index in [-0.39, 0.29) is 12.4 Å². The van der Waals surface area contributed by atoms with Gasteiger partial charge >= 0.3 is 6.43 Å². The number of anilines is 2. The lowest BCUT2D eigenvalue weighted by atomic mass is 9.99. The van der Waals surface area contributed by atoms with Crippen molar-refractivity contribution in [2.24, 2.45) is 0 Å². The van der Waals surface area contributed by atoms with E-state index in [1.54, 1.807) is 29.3 Å². The summed E-state index contributed by atoms with van der Waals surface area (Å²) < 4.78 is 45.9. The van der Waals surface area contributed by atoms with Gasteiger partial charge in [-0.3, -0.25) is 9.78 Å². The second-order valence-corrected chi connectivity index (χ2v) is 8.48. The molecule has 0 bridgehead atoms. The standard InChI is InChI=1S/C26H21F3N6O2/c1-34(2)22-10-19(17-4-3-5-21-18(17)8-9-30-21)20(27)11-23(22)35(14-36)13-16-7-6-15(12-31-16)25-32-33-26(37-25)24(28)29/h3-12,14,24,30H,13H2,1-2H3. The van der Waals surface area contributed by atoms with Crippen molar-refractivity contribution in [2.75, 3.05) is 23.9 Å². The van der Waals surface area contributed by atoms with E-state index in [9.17, 15) is 13.6 Å². The number of rotatable bonds is 8. The number of fused-ring (bicyclic) bond motifs is 1. The van der Waals surface area contributed by atoms with Crippen LogP contribution in [0.2, 0.25) is 0 Å². The quantitative estimate of drug-likeness (QED) is 0.276. The van der Waals surface area contributed by atoms with Crippen LogP contribution in [0.15, 0.2) is 65.3 Å². The Morgan fingerprint density at radius 3 is 2.57 bits per heavy atom. The molecule has 0 radical (unpaired) electrons. The Kier molecular flexibility index (Phi) is 6.34. The number of nitrogens with one attached hydrogen (secondary N) is 1. The summed E-state index contributed by atoms with van der Waals surface area (Å²) in [6.07, 6.45) is 0.922. The fourth-order valence-corrected chi connectivity index (χ4v) is 4.10. The molecule has 0 spiro atoms. The van der Waals surface area contributed by atoms with Crippen LogP contribution in [0, 0.1) is 5.82 Å². The number of H-pyrrole nitrogens is 1. The van der Waals surface area contributed by atoms with Crippen LogP contribution in [0.3, 0.4) is 0 Å². The molecule has 0 fully saturated rings. The molecule has 0 aliphatic carbocycles. The number of hydrogen-bond donors (Lipinski definition) is 1. The summed E-state index contributed by atoms with van der Waals surface area (Å²) in [5.41, 5.74) is 3.87. The van der Waals surface area contributed by atoms with Crippen molar-refractivity contribution in [3.8, 4) is 22.6 Å². The maximum atomic E-state index is 15.5. The number of hydrogen-bond acceptors (Lipinski definition) is 6. The van der Waals surface area contributed by atoms with Crippen LogP contribution in [0.5, 0.6) is 0 Å². The molecule has 3 heterocycles. The summed E-state index contributed by atoms with van der Waals surface area (Å²) >= 11 is 0. The largest absolute Gasteiger partial charge is 0.415 e. The Balaban J connectivity index is 1.46. The van der Waals surface area contributed by atoms with Gasteiger partial charge in [0.25, 0.3) is 5.89 Å². The molecule has 188 valence electrons. The van der Waals surface area contributed by atoms with Crippen molar-refractivity contribution in [3.05, 3.63) is 78.3 Å². The van der Waals surface area contributed by atoms with E-state index in [0.717, 1.165) is 16.5 Å². The van der Waals surface area contributed by atoms with Crippen molar-refractivity contribution >= 4 is 28.7 Å². The van der Waals surface area contributed by atoms with E-state index in [4.69, 9.17) is 4.42 Å². The molecule has 5 rings (SSSR count). The van der Waals surface area contributed by atoms with Gasteiger partial charge in [-0.2, -0.15) is 8.78 Å². The highest BCUT2D eigenvalue weighted by molar-refractivity contribution is 5.97. The van der Waals surface area contributed by atoms with Crippen molar-refractivity contribution in [3.63, 3.8) is 0 Å². The maximum absolute atomic E-state index is 15.5. The molecule has 0 unspecified atom stereocenters. The van der Waals surface area contributed by atoms with Crippen LogP contribution in [0.25, 0.3) is 33.5 Å². The molecule has 1 N–H and O–H groups in total. The summed E-state index contributed by atoms with van der Waals surface area (Å²) in [4.78, 5) is 22.7. The second-order valence-electron chi connectivity index (χ2n) is 8.48. The first-order valence-electron chi connectivity index (χ1n) is 11.2. The Hall–Kier alpha value is -4.67. The van der Waals surface area contributed by atoms with E-state index in [1.165, 1.54) is 17.2 Å². The molecule has 0 aliphatic rings.